The van der Waals surface area contributed by atoms with Crippen molar-refractivity contribution in [1.82, 2.24) is 4.90 Å². The molecule has 0 amide bonds. The Kier molecular flexibility index (Phi) is 5.46. The average Bonchev–Trinajstić information content (AvgIpc) is 2.72. The molecule has 0 saturated heterocycles. The van der Waals surface area contributed by atoms with Gasteiger partial charge < -0.3 is 13.9 Å². The summed E-state index contributed by atoms with van der Waals surface area (Å²) in [6.45, 7) is 4.84. The first kappa shape index (κ1) is 18.7. The van der Waals surface area contributed by atoms with Crippen LogP contribution < -0.4 is 10.4 Å². The van der Waals surface area contributed by atoms with E-state index in [2.05, 4.69) is 4.90 Å². The Morgan fingerprint density at radius 1 is 1.14 bits per heavy atom. The van der Waals surface area contributed by atoms with Crippen LogP contribution in [0.4, 0.5) is 0 Å². The van der Waals surface area contributed by atoms with E-state index in [-0.39, 0.29) is 5.63 Å². The molecule has 0 N–H and O–H groups in total. The molecule has 0 spiro atoms. The summed E-state index contributed by atoms with van der Waals surface area (Å²) in [4.78, 5) is 15.0. The van der Waals surface area contributed by atoms with Gasteiger partial charge in [-0.15, -0.1) is 0 Å². The topological polar surface area (TPSA) is 51.9 Å². The largest absolute Gasteiger partial charge is 0.478 e. The maximum absolute atomic E-state index is 12.8. The van der Waals surface area contributed by atoms with Crippen LogP contribution in [0, 0.1) is 6.92 Å². The van der Waals surface area contributed by atoms with Crippen LogP contribution in [0.3, 0.4) is 0 Å². The SMILES string of the molecule is COCCCN1COc2ccc3c(C)c(Cc4ccccc4)c(=O)oc3c2C1. The third-order valence-corrected chi connectivity index (χ3v) is 5.35. The molecule has 0 radical (unpaired) electrons. The van der Waals surface area contributed by atoms with Gasteiger partial charge in [0, 0.05) is 44.2 Å². The second-order valence-corrected chi connectivity index (χ2v) is 7.25. The zero-order valence-electron chi connectivity index (χ0n) is 16.4. The van der Waals surface area contributed by atoms with Crippen LogP contribution in [0.25, 0.3) is 11.0 Å². The number of ether oxygens (including phenoxy) is 2. The van der Waals surface area contributed by atoms with E-state index in [0.29, 0.717) is 30.8 Å². The van der Waals surface area contributed by atoms with Crippen molar-refractivity contribution in [2.45, 2.75) is 26.3 Å². The molecule has 0 aliphatic carbocycles. The first-order valence-corrected chi connectivity index (χ1v) is 9.63. The molecule has 3 aromatic rings. The molecule has 0 unspecified atom stereocenters. The van der Waals surface area contributed by atoms with E-state index in [9.17, 15) is 4.79 Å². The minimum atomic E-state index is -0.265. The molecule has 5 heteroatoms. The quantitative estimate of drug-likeness (QED) is 0.481. The monoisotopic (exact) mass is 379 g/mol. The molecule has 0 saturated carbocycles. The first-order valence-electron chi connectivity index (χ1n) is 9.63. The van der Waals surface area contributed by atoms with Crippen LogP contribution in [0.5, 0.6) is 5.75 Å². The van der Waals surface area contributed by atoms with E-state index >= 15 is 0 Å². The third kappa shape index (κ3) is 3.68. The molecular formula is C23H25NO4. The highest BCUT2D eigenvalue weighted by Gasteiger charge is 2.23. The summed E-state index contributed by atoms with van der Waals surface area (Å²) in [7, 11) is 1.71. The minimum Gasteiger partial charge on any atom is -0.478 e. The smallest absolute Gasteiger partial charge is 0.340 e. The van der Waals surface area contributed by atoms with E-state index in [0.717, 1.165) is 47.4 Å². The maximum Gasteiger partial charge on any atom is 0.340 e. The normalized spacial score (nSPS) is 14.1. The van der Waals surface area contributed by atoms with Crippen molar-refractivity contribution >= 4 is 11.0 Å². The number of methoxy groups -OCH3 is 1. The van der Waals surface area contributed by atoms with Crippen molar-refractivity contribution in [2.75, 3.05) is 27.0 Å². The number of benzene rings is 2. The molecule has 1 aromatic heterocycles. The Morgan fingerprint density at radius 3 is 2.75 bits per heavy atom. The van der Waals surface area contributed by atoms with E-state index in [4.69, 9.17) is 13.9 Å². The van der Waals surface area contributed by atoms with Crippen LogP contribution in [-0.2, 0) is 17.7 Å². The summed E-state index contributed by atoms with van der Waals surface area (Å²) in [5.74, 6) is 0.800. The van der Waals surface area contributed by atoms with Crippen molar-refractivity contribution in [3.8, 4) is 5.75 Å². The summed E-state index contributed by atoms with van der Waals surface area (Å²) in [6.07, 6.45) is 1.51. The third-order valence-electron chi connectivity index (χ3n) is 5.35. The second-order valence-electron chi connectivity index (χ2n) is 7.25. The zero-order chi connectivity index (χ0) is 19.5. The summed E-state index contributed by atoms with van der Waals surface area (Å²) in [5, 5.41) is 0.978. The van der Waals surface area contributed by atoms with E-state index < -0.39 is 0 Å². The molecule has 4 rings (SSSR count). The van der Waals surface area contributed by atoms with E-state index in [1.54, 1.807) is 7.11 Å². The number of fused-ring (bicyclic) bond motifs is 3. The minimum absolute atomic E-state index is 0.265. The Hall–Kier alpha value is -2.63. The lowest BCUT2D eigenvalue weighted by Gasteiger charge is -2.29. The van der Waals surface area contributed by atoms with E-state index in [1.165, 1.54) is 0 Å². The van der Waals surface area contributed by atoms with Crippen LogP contribution >= 0.6 is 0 Å². The summed E-state index contributed by atoms with van der Waals surface area (Å²) < 4.78 is 16.9. The van der Waals surface area contributed by atoms with Crippen molar-refractivity contribution in [1.29, 1.82) is 0 Å². The molecule has 0 atom stereocenters. The maximum atomic E-state index is 12.8. The fraction of sp³-hybridized carbons (Fsp3) is 0.348. The number of aryl methyl sites for hydroxylation is 1. The van der Waals surface area contributed by atoms with Crippen molar-refractivity contribution in [2.24, 2.45) is 0 Å². The molecule has 2 aromatic carbocycles. The number of nitrogens with zero attached hydrogens (tertiary/aromatic N) is 1. The number of rotatable bonds is 6. The summed E-state index contributed by atoms with van der Waals surface area (Å²) >= 11 is 0. The predicted octanol–water partition coefficient (Wildman–Crippen LogP) is 3.88. The summed E-state index contributed by atoms with van der Waals surface area (Å²) in [6, 6.07) is 14.0. The molecule has 146 valence electrons. The van der Waals surface area contributed by atoms with Crippen molar-refractivity contribution < 1.29 is 13.9 Å². The Morgan fingerprint density at radius 2 is 1.96 bits per heavy atom. The lowest BCUT2D eigenvalue weighted by Crippen LogP contribution is -2.33. The van der Waals surface area contributed by atoms with Crippen molar-refractivity contribution in [3.05, 3.63) is 75.1 Å². The van der Waals surface area contributed by atoms with Crippen molar-refractivity contribution in [3.63, 3.8) is 0 Å². The van der Waals surface area contributed by atoms with Gasteiger partial charge in [0.15, 0.2) is 0 Å². The highest BCUT2D eigenvalue weighted by Crippen LogP contribution is 2.34. The van der Waals surface area contributed by atoms with Crippen LogP contribution in [0.15, 0.2) is 51.7 Å². The van der Waals surface area contributed by atoms with Gasteiger partial charge in [0.1, 0.15) is 18.1 Å². The molecular weight excluding hydrogens is 354 g/mol. The molecule has 2 heterocycles. The van der Waals surface area contributed by atoms with Gasteiger partial charge in [-0.2, -0.15) is 0 Å². The van der Waals surface area contributed by atoms with Gasteiger partial charge in [-0.25, -0.2) is 4.79 Å². The molecule has 1 aliphatic heterocycles. The Balaban J connectivity index is 1.70. The van der Waals surface area contributed by atoms with Gasteiger partial charge in [-0.1, -0.05) is 30.3 Å². The van der Waals surface area contributed by atoms with E-state index in [1.807, 2.05) is 49.4 Å². The molecule has 1 aliphatic rings. The molecule has 0 fully saturated rings. The Bertz CT molecular complexity index is 1030. The predicted molar refractivity (Wildman–Crippen MR) is 109 cm³/mol. The number of hydrogen-bond acceptors (Lipinski definition) is 5. The van der Waals surface area contributed by atoms with Gasteiger partial charge in [0.2, 0.25) is 0 Å². The fourth-order valence-corrected chi connectivity index (χ4v) is 3.79. The fourth-order valence-electron chi connectivity index (χ4n) is 3.79. The van der Waals surface area contributed by atoms with Gasteiger partial charge >= 0.3 is 5.63 Å². The van der Waals surface area contributed by atoms with Gasteiger partial charge in [0.25, 0.3) is 0 Å². The Labute approximate surface area is 164 Å². The number of hydrogen-bond donors (Lipinski definition) is 0. The van der Waals surface area contributed by atoms with Gasteiger partial charge in [0.05, 0.1) is 5.56 Å². The summed E-state index contributed by atoms with van der Waals surface area (Å²) in [5.41, 5.74) is 4.13. The highest BCUT2D eigenvalue weighted by atomic mass is 16.5. The molecule has 28 heavy (non-hydrogen) atoms. The standard InChI is InChI=1S/C23H25NO4/c1-16-18-9-10-21-20(14-24(15-27-21)11-6-12-26-2)22(18)28-23(25)19(16)13-17-7-4-3-5-8-17/h3-5,7-10H,6,11-15H2,1-2H3. The molecule has 0 bridgehead atoms. The molecule has 5 nitrogen and oxygen atoms in total. The lowest BCUT2D eigenvalue weighted by atomic mass is 9.98. The highest BCUT2D eigenvalue weighted by molar-refractivity contribution is 5.86. The first-order chi connectivity index (χ1) is 13.7. The zero-order valence-corrected chi connectivity index (χ0v) is 16.4. The van der Waals surface area contributed by atoms with Gasteiger partial charge in [-0.05, 0) is 36.6 Å². The van der Waals surface area contributed by atoms with Crippen LogP contribution in [-0.4, -0.2) is 31.9 Å². The van der Waals surface area contributed by atoms with Crippen LogP contribution in [0.1, 0.15) is 28.7 Å². The second kappa shape index (κ2) is 8.17. The lowest BCUT2D eigenvalue weighted by molar-refractivity contribution is 0.0837. The van der Waals surface area contributed by atoms with Crippen LogP contribution in [0.2, 0.25) is 0 Å². The van der Waals surface area contributed by atoms with Gasteiger partial charge in [-0.3, -0.25) is 4.90 Å². The average molecular weight is 379 g/mol.